The van der Waals surface area contributed by atoms with Crippen LogP contribution in [0.4, 0.5) is 11.4 Å². The average Bonchev–Trinajstić information content (AvgIpc) is 2.69. The maximum atomic E-state index is 13.2. The first kappa shape index (κ1) is 17.3. The first-order valence-corrected chi connectivity index (χ1v) is 9.00. The molecule has 0 saturated heterocycles. The van der Waals surface area contributed by atoms with Crippen molar-refractivity contribution in [2.75, 3.05) is 23.4 Å². The van der Waals surface area contributed by atoms with E-state index in [1.54, 1.807) is 41.1 Å². The van der Waals surface area contributed by atoms with Crippen molar-refractivity contribution >= 4 is 29.2 Å². The maximum absolute atomic E-state index is 13.2. The molecule has 1 unspecified atom stereocenters. The van der Waals surface area contributed by atoms with Crippen LogP contribution in [-0.4, -0.2) is 36.5 Å². The van der Waals surface area contributed by atoms with Crippen LogP contribution in [0.15, 0.2) is 42.5 Å². The fourth-order valence-corrected chi connectivity index (χ4v) is 3.98. The quantitative estimate of drug-likeness (QED) is 0.889. The Morgan fingerprint density at radius 1 is 1.07 bits per heavy atom. The van der Waals surface area contributed by atoms with E-state index in [9.17, 15) is 19.5 Å². The van der Waals surface area contributed by atoms with Crippen LogP contribution in [0, 0.1) is 0 Å². The Labute approximate surface area is 157 Å². The number of carbonyl (C=O) groups is 3. The molecule has 0 saturated carbocycles. The van der Waals surface area contributed by atoms with Gasteiger partial charge in [-0.3, -0.25) is 14.4 Å². The molecule has 0 aromatic heterocycles. The summed E-state index contributed by atoms with van der Waals surface area (Å²) in [6, 6.07) is 12.6. The number of anilines is 2. The summed E-state index contributed by atoms with van der Waals surface area (Å²) >= 11 is 0. The number of carboxylic acid groups (broad SMARTS) is 1. The van der Waals surface area contributed by atoms with Gasteiger partial charge in [0.2, 0.25) is 5.91 Å². The summed E-state index contributed by atoms with van der Waals surface area (Å²) in [6.45, 7) is 0.363. The largest absolute Gasteiger partial charge is 0.481 e. The van der Waals surface area contributed by atoms with Crippen LogP contribution >= 0.6 is 0 Å². The fourth-order valence-electron chi connectivity index (χ4n) is 3.98. The standard InChI is InChI=1S/C21H20N2O4/c1-22-17-8-6-14(12-13(17)7-9-19(22)24)20(25)23-11-10-16(21(26)27)15-4-2-3-5-18(15)23/h2-6,8,12,16H,7,9-11H2,1H3,(H,26,27). The van der Waals surface area contributed by atoms with Gasteiger partial charge in [-0.1, -0.05) is 18.2 Å². The molecule has 2 heterocycles. The molecule has 2 aliphatic rings. The molecule has 2 aliphatic heterocycles. The highest BCUT2D eigenvalue weighted by molar-refractivity contribution is 6.08. The van der Waals surface area contributed by atoms with Crippen molar-refractivity contribution in [2.24, 2.45) is 0 Å². The van der Waals surface area contributed by atoms with Crippen molar-refractivity contribution in [1.82, 2.24) is 0 Å². The Hall–Kier alpha value is -3.15. The van der Waals surface area contributed by atoms with Gasteiger partial charge in [-0.25, -0.2) is 0 Å². The third-order valence-corrected chi connectivity index (χ3v) is 5.46. The zero-order chi connectivity index (χ0) is 19.1. The van der Waals surface area contributed by atoms with Gasteiger partial charge in [0.05, 0.1) is 5.92 Å². The highest BCUT2D eigenvalue weighted by Gasteiger charge is 2.33. The Bertz CT molecular complexity index is 953. The second-order valence-electron chi connectivity index (χ2n) is 6.99. The second kappa shape index (κ2) is 6.54. The van der Waals surface area contributed by atoms with Gasteiger partial charge in [-0.05, 0) is 48.2 Å². The van der Waals surface area contributed by atoms with Gasteiger partial charge >= 0.3 is 5.97 Å². The Balaban J connectivity index is 1.69. The van der Waals surface area contributed by atoms with Crippen molar-refractivity contribution in [3.63, 3.8) is 0 Å². The third kappa shape index (κ3) is 2.87. The number of carboxylic acids is 1. The number of amides is 2. The van der Waals surface area contributed by atoms with E-state index in [1.165, 1.54) is 0 Å². The third-order valence-electron chi connectivity index (χ3n) is 5.46. The SMILES string of the molecule is CN1C(=O)CCc2cc(C(=O)N3CCC(C(=O)O)c4ccccc43)ccc21. The number of hydrogen-bond donors (Lipinski definition) is 1. The van der Waals surface area contributed by atoms with Crippen LogP contribution in [0.5, 0.6) is 0 Å². The lowest BCUT2D eigenvalue weighted by atomic mass is 9.89. The van der Waals surface area contributed by atoms with E-state index < -0.39 is 11.9 Å². The normalized spacial score (nSPS) is 18.7. The number of aryl methyl sites for hydroxylation is 1. The molecule has 2 amide bonds. The Morgan fingerprint density at radius 3 is 2.63 bits per heavy atom. The van der Waals surface area contributed by atoms with E-state index in [4.69, 9.17) is 0 Å². The number of hydrogen-bond acceptors (Lipinski definition) is 3. The summed E-state index contributed by atoms with van der Waals surface area (Å²) in [6.07, 6.45) is 1.45. The number of carbonyl (C=O) groups excluding carboxylic acids is 2. The molecule has 4 rings (SSSR count). The molecule has 0 bridgehead atoms. The number of fused-ring (bicyclic) bond motifs is 2. The Morgan fingerprint density at radius 2 is 1.85 bits per heavy atom. The molecule has 6 nitrogen and oxygen atoms in total. The summed E-state index contributed by atoms with van der Waals surface area (Å²) in [4.78, 5) is 39.8. The van der Waals surface area contributed by atoms with Crippen LogP contribution in [0.2, 0.25) is 0 Å². The summed E-state index contributed by atoms with van der Waals surface area (Å²) in [5, 5.41) is 9.47. The first-order valence-electron chi connectivity index (χ1n) is 9.00. The summed E-state index contributed by atoms with van der Waals surface area (Å²) in [5.41, 5.74) is 3.71. The predicted molar refractivity (Wildman–Crippen MR) is 101 cm³/mol. The van der Waals surface area contributed by atoms with E-state index in [-0.39, 0.29) is 11.8 Å². The molecule has 0 aliphatic carbocycles. The van der Waals surface area contributed by atoms with Gasteiger partial charge in [0.25, 0.3) is 5.91 Å². The molecular formula is C21H20N2O4. The summed E-state index contributed by atoms with van der Waals surface area (Å²) in [5.74, 6) is -1.52. The minimum Gasteiger partial charge on any atom is -0.481 e. The predicted octanol–water partition coefficient (Wildman–Crippen LogP) is 2.81. The first-order chi connectivity index (χ1) is 13.0. The molecule has 0 fully saturated rings. The number of rotatable bonds is 2. The molecular weight excluding hydrogens is 344 g/mol. The number of para-hydroxylation sites is 1. The molecule has 1 atom stereocenters. The van der Waals surface area contributed by atoms with E-state index in [0.29, 0.717) is 42.6 Å². The Kier molecular flexibility index (Phi) is 4.18. The molecule has 0 radical (unpaired) electrons. The van der Waals surface area contributed by atoms with E-state index in [2.05, 4.69) is 0 Å². The van der Waals surface area contributed by atoms with Gasteiger partial charge in [0.15, 0.2) is 0 Å². The minimum atomic E-state index is -0.865. The fraction of sp³-hybridized carbons (Fsp3) is 0.286. The van der Waals surface area contributed by atoms with Crippen LogP contribution in [-0.2, 0) is 16.0 Å². The topological polar surface area (TPSA) is 77.9 Å². The van der Waals surface area contributed by atoms with Crippen molar-refractivity contribution < 1.29 is 19.5 Å². The van der Waals surface area contributed by atoms with Crippen LogP contribution in [0.25, 0.3) is 0 Å². The van der Waals surface area contributed by atoms with Crippen molar-refractivity contribution in [3.8, 4) is 0 Å². The monoisotopic (exact) mass is 364 g/mol. The molecule has 2 aromatic rings. The molecule has 6 heteroatoms. The van der Waals surface area contributed by atoms with E-state index in [1.807, 2.05) is 18.2 Å². The average molecular weight is 364 g/mol. The summed E-state index contributed by atoms with van der Waals surface area (Å²) < 4.78 is 0. The van der Waals surface area contributed by atoms with Gasteiger partial charge in [0, 0.05) is 37.0 Å². The highest BCUT2D eigenvalue weighted by Crippen LogP contribution is 2.36. The van der Waals surface area contributed by atoms with E-state index >= 15 is 0 Å². The highest BCUT2D eigenvalue weighted by atomic mass is 16.4. The zero-order valence-corrected chi connectivity index (χ0v) is 15.0. The van der Waals surface area contributed by atoms with Gasteiger partial charge < -0.3 is 14.9 Å². The lowest BCUT2D eigenvalue weighted by molar-refractivity contribution is -0.139. The molecule has 1 N–H and O–H groups in total. The molecule has 0 spiro atoms. The number of aliphatic carboxylic acids is 1. The van der Waals surface area contributed by atoms with Crippen LogP contribution < -0.4 is 9.80 Å². The van der Waals surface area contributed by atoms with Crippen LogP contribution in [0.1, 0.15) is 40.2 Å². The minimum absolute atomic E-state index is 0.0752. The molecule has 27 heavy (non-hydrogen) atoms. The van der Waals surface area contributed by atoms with E-state index in [0.717, 1.165) is 11.3 Å². The van der Waals surface area contributed by atoms with Crippen molar-refractivity contribution in [2.45, 2.75) is 25.2 Å². The lowest BCUT2D eigenvalue weighted by Gasteiger charge is -2.33. The number of benzene rings is 2. The van der Waals surface area contributed by atoms with Gasteiger partial charge in [-0.2, -0.15) is 0 Å². The van der Waals surface area contributed by atoms with Gasteiger partial charge in [0.1, 0.15) is 0 Å². The van der Waals surface area contributed by atoms with Crippen LogP contribution in [0.3, 0.4) is 0 Å². The smallest absolute Gasteiger partial charge is 0.311 e. The second-order valence-corrected chi connectivity index (χ2v) is 6.99. The zero-order valence-electron chi connectivity index (χ0n) is 15.0. The lowest BCUT2D eigenvalue weighted by Crippen LogP contribution is -2.38. The summed E-state index contributed by atoms with van der Waals surface area (Å²) in [7, 11) is 1.74. The molecule has 138 valence electrons. The maximum Gasteiger partial charge on any atom is 0.311 e. The molecule has 2 aromatic carbocycles. The number of nitrogens with zero attached hydrogens (tertiary/aromatic N) is 2. The van der Waals surface area contributed by atoms with Gasteiger partial charge in [-0.15, -0.1) is 0 Å². The van der Waals surface area contributed by atoms with Crippen molar-refractivity contribution in [3.05, 3.63) is 59.2 Å². The van der Waals surface area contributed by atoms with Crippen molar-refractivity contribution in [1.29, 1.82) is 0 Å².